The molecule has 0 N–H and O–H groups in total. The largest absolute Gasteiger partial charge is 0.462 e. The van der Waals surface area contributed by atoms with E-state index in [2.05, 4.69) is 27.7 Å². The summed E-state index contributed by atoms with van der Waals surface area (Å²) in [6, 6.07) is 0. The predicted octanol–water partition coefficient (Wildman–Crippen LogP) is 20.6. The van der Waals surface area contributed by atoms with Crippen molar-refractivity contribution in [1.29, 1.82) is 0 Å². The highest BCUT2D eigenvalue weighted by molar-refractivity contribution is 5.71. The van der Waals surface area contributed by atoms with Crippen LogP contribution in [-0.2, 0) is 28.6 Å². The molecule has 0 aromatic rings. The number of rotatable bonds is 57. The molecule has 0 aliphatic heterocycles. The van der Waals surface area contributed by atoms with Crippen molar-refractivity contribution >= 4 is 17.9 Å². The van der Waals surface area contributed by atoms with Crippen LogP contribution in [0.25, 0.3) is 0 Å². The molecule has 1 atom stereocenters. The fourth-order valence-corrected chi connectivity index (χ4v) is 9.63. The Bertz CT molecular complexity index is 1030. The smallest absolute Gasteiger partial charge is 0.306 e. The first kappa shape index (κ1) is 66.4. The summed E-state index contributed by atoms with van der Waals surface area (Å²) in [5.41, 5.74) is 0. The highest BCUT2D eigenvalue weighted by atomic mass is 16.6. The molecule has 404 valence electrons. The molecule has 0 bridgehead atoms. The molecule has 0 heterocycles. The first-order chi connectivity index (χ1) is 33.4. The van der Waals surface area contributed by atoms with Gasteiger partial charge in [0.2, 0.25) is 0 Å². The predicted molar refractivity (Wildman–Crippen MR) is 293 cm³/mol. The third-order valence-electron chi connectivity index (χ3n) is 14.3. The molecular weight excluding hydrogens is 841 g/mol. The molecule has 0 amide bonds. The first-order valence-electron chi connectivity index (χ1n) is 30.9. The standard InChI is InChI=1S/C62H120O6/c1-5-7-9-11-13-15-17-18-19-20-24-27-30-34-38-42-46-50-54-61(64)67-57-59(56-66-60(63)53-49-45-41-37-32-16-14-12-10-8-6-2)68-62(65)55-51-47-43-39-35-31-28-25-22-21-23-26-29-33-36-40-44-48-52-58(3)4/h58-59H,5-57H2,1-4H3/t59-/m1/s1. The van der Waals surface area contributed by atoms with Gasteiger partial charge in [-0.25, -0.2) is 0 Å². The van der Waals surface area contributed by atoms with Gasteiger partial charge in [-0.2, -0.15) is 0 Å². The topological polar surface area (TPSA) is 78.9 Å². The molecule has 0 radical (unpaired) electrons. The van der Waals surface area contributed by atoms with E-state index in [0.29, 0.717) is 19.3 Å². The van der Waals surface area contributed by atoms with Crippen LogP contribution >= 0.6 is 0 Å². The van der Waals surface area contributed by atoms with Gasteiger partial charge < -0.3 is 14.2 Å². The molecule has 68 heavy (non-hydrogen) atoms. The summed E-state index contributed by atoms with van der Waals surface area (Å²) in [6.07, 6.45) is 62.5. The number of ether oxygens (including phenoxy) is 3. The van der Waals surface area contributed by atoms with E-state index < -0.39 is 6.10 Å². The van der Waals surface area contributed by atoms with E-state index in [1.54, 1.807) is 0 Å². The second-order valence-electron chi connectivity index (χ2n) is 21.8. The highest BCUT2D eigenvalue weighted by Gasteiger charge is 2.19. The lowest BCUT2D eigenvalue weighted by Gasteiger charge is -2.18. The minimum absolute atomic E-state index is 0.0614. The maximum absolute atomic E-state index is 12.9. The Kier molecular flexibility index (Phi) is 55.0. The van der Waals surface area contributed by atoms with E-state index in [0.717, 1.165) is 63.7 Å². The Morgan fingerprint density at radius 1 is 0.279 bits per heavy atom. The SMILES string of the molecule is CCCCCCCCCCCCCCCCCCCCC(=O)OC[C@@H](COC(=O)CCCCCCCCCCCCC)OC(=O)CCCCCCCCCCCCCCCCCCCCC(C)C. The molecule has 0 rings (SSSR count). The first-order valence-corrected chi connectivity index (χ1v) is 30.9. The van der Waals surface area contributed by atoms with Crippen LogP contribution in [0.4, 0.5) is 0 Å². The summed E-state index contributed by atoms with van der Waals surface area (Å²) in [4.78, 5) is 38.2. The zero-order valence-corrected chi connectivity index (χ0v) is 46.6. The van der Waals surface area contributed by atoms with Crippen LogP contribution in [-0.4, -0.2) is 37.2 Å². The number of hydrogen-bond acceptors (Lipinski definition) is 6. The molecule has 0 fully saturated rings. The van der Waals surface area contributed by atoms with Crippen molar-refractivity contribution in [3.05, 3.63) is 0 Å². The third kappa shape index (κ3) is 55.3. The van der Waals surface area contributed by atoms with Crippen LogP contribution in [0.1, 0.15) is 355 Å². The van der Waals surface area contributed by atoms with Gasteiger partial charge in [0.15, 0.2) is 6.10 Å². The Hall–Kier alpha value is -1.59. The molecule has 0 aromatic heterocycles. The number of hydrogen-bond donors (Lipinski definition) is 0. The summed E-state index contributed by atoms with van der Waals surface area (Å²) < 4.78 is 16.9. The van der Waals surface area contributed by atoms with Gasteiger partial charge in [-0.15, -0.1) is 0 Å². The lowest BCUT2D eigenvalue weighted by atomic mass is 10.0. The monoisotopic (exact) mass is 961 g/mol. The van der Waals surface area contributed by atoms with Gasteiger partial charge in [0.05, 0.1) is 0 Å². The van der Waals surface area contributed by atoms with Gasteiger partial charge in [0.25, 0.3) is 0 Å². The summed E-state index contributed by atoms with van der Waals surface area (Å²) in [7, 11) is 0. The molecule has 6 heteroatoms. The minimum atomic E-state index is -0.762. The van der Waals surface area contributed by atoms with E-state index in [4.69, 9.17) is 14.2 Å². The molecule has 6 nitrogen and oxygen atoms in total. The van der Waals surface area contributed by atoms with Gasteiger partial charge in [0.1, 0.15) is 13.2 Å². The second kappa shape index (κ2) is 56.3. The molecule has 0 saturated carbocycles. The zero-order chi connectivity index (χ0) is 49.5. The van der Waals surface area contributed by atoms with Gasteiger partial charge in [0, 0.05) is 19.3 Å². The van der Waals surface area contributed by atoms with Crippen LogP contribution in [0, 0.1) is 5.92 Å². The van der Waals surface area contributed by atoms with Gasteiger partial charge in [-0.3, -0.25) is 14.4 Å². The Balaban J connectivity index is 4.22. The van der Waals surface area contributed by atoms with Crippen molar-refractivity contribution in [1.82, 2.24) is 0 Å². The molecule has 0 aliphatic carbocycles. The van der Waals surface area contributed by atoms with Crippen molar-refractivity contribution < 1.29 is 28.6 Å². The Labute approximate surface area is 425 Å². The van der Waals surface area contributed by atoms with Crippen LogP contribution < -0.4 is 0 Å². The van der Waals surface area contributed by atoms with Gasteiger partial charge >= 0.3 is 17.9 Å². The lowest BCUT2D eigenvalue weighted by Crippen LogP contribution is -2.30. The summed E-state index contributed by atoms with van der Waals surface area (Å²) in [6.45, 7) is 9.08. The lowest BCUT2D eigenvalue weighted by molar-refractivity contribution is -0.167. The second-order valence-corrected chi connectivity index (χ2v) is 21.8. The normalized spacial score (nSPS) is 12.0. The number of carbonyl (C=O) groups is 3. The molecule has 0 unspecified atom stereocenters. The summed E-state index contributed by atoms with van der Waals surface area (Å²) >= 11 is 0. The van der Waals surface area contributed by atoms with Crippen LogP contribution in [0.15, 0.2) is 0 Å². The maximum atomic E-state index is 12.9. The zero-order valence-electron chi connectivity index (χ0n) is 46.6. The molecular formula is C62H120O6. The number of unbranched alkanes of at least 4 members (excludes halogenated alkanes) is 44. The van der Waals surface area contributed by atoms with Crippen LogP contribution in [0.3, 0.4) is 0 Å². The van der Waals surface area contributed by atoms with E-state index >= 15 is 0 Å². The van der Waals surface area contributed by atoms with Gasteiger partial charge in [-0.05, 0) is 25.2 Å². The van der Waals surface area contributed by atoms with E-state index in [1.165, 1.54) is 250 Å². The van der Waals surface area contributed by atoms with E-state index in [-0.39, 0.29) is 31.1 Å². The van der Waals surface area contributed by atoms with Crippen molar-refractivity contribution in [3.8, 4) is 0 Å². The number of esters is 3. The van der Waals surface area contributed by atoms with Crippen LogP contribution in [0.5, 0.6) is 0 Å². The van der Waals surface area contributed by atoms with Gasteiger partial charge in [-0.1, -0.05) is 317 Å². The molecule has 0 aromatic carbocycles. The van der Waals surface area contributed by atoms with Crippen LogP contribution in [0.2, 0.25) is 0 Å². The fourth-order valence-electron chi connectivity index (χ4n) is 9.63. The highest BCUT2D eigenvalue weighted by Crippen LogP contribution is 2.18. The van der Waals surface area contributed by atoms with Crippen molar-refractivity contribution in [2.45, 2.75) is 361 Å². The maximum Gasteiger partial charge on any atom is 0.306 e. The van der Waals surface area contributed by atoms with E-state index in [9.17, 15) is 14.4 Å². The van der Waals surface area contributed by atoms with E-state index in [1.807, 2.05) is 0 Å². The number of carbonyl (C=O) groups excluding carboxylic acids is 3. The van der Waals surface area contributed by atoms with Crippen molar-refractivity contribution in [2.24, 2.45) is 5.92 Å². The Morgan fingerprint density at radius 2 is 0.485 bits per heavy atom. The minimum Gasteiger partial charge on any atom is -0.462 e. The molecule has 0 aliphatic rings. The summed E-state index contributed by atoms with van der Waals surface area (Å²) in [5.74, 6) is 0.0266. The average molecular weight is 962 g/mol. The fraction of sp³-hybridized carbons (Fsp3) is 0.952. The molecule has 0 saturated heterocycles. The molecule has 0 spiro atoms. The van der Waals surface area contributed by atoms with Crippen molar-refractivity contribution in [2.75, 3.05) is 13.2 Å². The summed E-state index contributed by atoms with van der Waals surface area (Å²) in [5, 5.41) is 0. The quantitative estimate of drug-likeness (QED) is 0.0343. The average Bonchev–Trinajstić information content (AvgIpc) is 3.32. The Morgan fingerprint density at radius 3 is 0.721 bits per heavy atom. The third-order valence-corrected chi connectivity index (χ3v) is 14.3. The van der Waals surface area contributed by atoms with Crippen molar-refractivity contribution in [3.63, 3.8) is 0 Å².